The monoisotopic (exact) mass is 263 g/mol. The van der Waals surface area contributed by atoms with Gasteiger partial charge in [-0.15, -0.1) is 0 Å². The molecule has 3 nitrogen and oxygen atoms in total. The van der Waals surface area contributed by atoms with E-state index in [0.29, 0.717) is 0 Å². The minimum Gasteiger partial charge on any atom is -0.496 e. The maximum Gasteiger partial charge on any atom is 0.122 e. The lowest BCUT2D eigenvalue weighted by Crippen LogP contribution is -2.47. The highest BCUT2D eigenvalue weighted by Gasteiger charge is 2.40. The molecule has 1 aromatic rings. The van der Waals surface area contributed by atoms with E-state index in [1.165, 1.54) is 29.5 Å². The molecule has 1 N–H and O–H groups in total. The summed E-state index contributed by atoms with van der Waals surface area (Å²) >= 11 is 0. The van der Waals surface area contributed by atoms with Crippen LogP contribution in [0.2, 0.25) is 0 Å². The number of ether oxygens (including phenoxy) is 2. The van der Waals surface area contributed by atoms with Crippen LogP contribution in [0.5, 0.6) is 5.75 Å². The number of benzene rings is 1. The molecule has 19 heavy (non-hydrogen) atoms. The number of rotatable bonds is 6. The second kappa shape index (κ2) is 5.93. The molecule has 0 bridgehead atoms. The fraction of sp³-hybridized carbons (Fsp3) is 0.625. The van der Waals surface area contributed by atoms with Crippen LogP contribution in [0.15, 0.2) is 12.1 Å². The van der Waals surface area contributed by atoms with Crippen molar-refractivity contribution in [2.75, 3.05) is 33.9 Å². The summed E-state index contributed by atoms with van der Waals surface area (Å²) in [6.07, 6.45) is 2.37. The Labute approximate surface area is 116 Å². The lowest BCUT2D eigenvalue weighted by Gasteiger charge is -2.43. The smallest absolute Gasteiger partial charge is 0.122 e. The fourth-order valence-electron chi connectivity index (χ4n) is 2.97. The second-order valence-corrected chi connectivity index (χ2v) is 5.62. The summed E-state index contributed by atoms with van der Waals surface area (Å²) in [5.41, 5.74) is 4.18. The molecule has 0 atom stereocenters. The van der Waals surface area contributed by atoms with Gasteiger partial charge in [-0.1, -0.05) is 6.07 Å². The summed E-state index contributed by atoms with van der Waals surface area (Å²) in [5.74, 6) is 0.979. The van der Waals surface area contributed by atoms with Crippen LogP contribution in [-0.4, -0.2) is 33.9 Å². The molecule has 0 aromatic heterocycles. The van der Waals surface area contributed by atoms with E-state index < -0.39 is 0 Å². The van der Waals surface area contributed by atoms with Crippen LogP contribution in [0.3, 0.4) is 0 Å². The largest absolute Gasteiger partial charge is 0.496 e. The average molecular weight is 263 g/mol. The zero-order valence-electron chi connectivity index (χ0n) is 12.5. The maximum atomic E-state index is 5.52. The number of aryl methyl sites for hydroxylation is 2. The van der Waals surface area contributed by atoms with Gasteiger partial charge in [-0.3, -0.25) is 0 Å². The zero-order valence-corrected chi connectivity index (χ0v) is 12.5. The molecule has 0 unspecified atom stereocenters. The first-order valence-corrected chi connectivity index (χ1v) is 7.01. The summed E-state index contributed by atoms with van der Waals surface area (Å²) in [6, 6.07) is 4.44. The van der Waals surface area contributed by atoms with Crippen molar-refractivity contribution >= 4 is 0 Å². The van der Waals surface area contributed by atoms with E-state index in [4.69, 9.17) is 9.47 Å². The third-order valence-electron chi connectivity index (χ3n) is 4.15. The number of methoxy groups -OCH3 is 1. The minimum absolute atomic E-state index is 0.220. The zero-order chi connectivity index (χ0) is 13.9. The predicted octanol–water partition coefficient (Wildman–Crippen LogP) is 2.58. The molecular formula is C16H25NO2. The van der Waals surface area contributed by atoms with Gasteiger partial charge in [-0.25, -0.2) is 0 Å². The molecule has 1 fully saturated rings. The van der Waals surface area contributed by atoms with Crippen molar-refractivity contribution in [1.29, 1.82) is 0 Å². The molecule has 1 aliphatic rings. The lowest BCUT2D eigenvalue weighted by molar-refractivity contribution is -0.0654. The van der Waals surface area contributed by atoms with Gasteiger partial charge in [0.1, 0.15) is 5.75 Å². The lowest BCUT2D eigenvalue weighted by atomic mass is 9.73. The summed E-state index contributed by atoms with van der Waals surface area (Å²) < 4.78 is 10.9. The number of hydrogen-bond acceptors (Lipinski definition) is 3. The molecule has 0 radical (unpaired) electrons. The highest BCUT2D eigenvalue weighted by molar-refractivity contribution is 5.45. The molecular weight excluding hydrogens is 238 g/mol. The van der Waals surface area contributed by atoms with Gasteiger partial charge in [0.2, 0.25) is 0 Å². The molecule has 106 valence electrons. The van der Waals surface area contributed by atoms with Gasteiger partial charge < -0.3 is 14.8 Å². The second-order valence-electron chi connectivity index (χ2n) is 5.62. The van der Waals surface area contributed by atoms with Crippen molar-refractivity contribution in [1.82, 2.24) is 5.32 Å². The number of hydrogen-bond donors (Lipinski definition) is 1. The van der Waals surface area contributed by atoms with Gasteiger partial charge in [0.25, 0.3) is 0 Å². The molecule has 1 heterocycles. The van der Waals surface area contributed by atoms with Gasteiger partial charge in [0, 0.05) is 5.41 Å². The average Bonchev–Trinajstić information content (AvgIpc) is 2.35. The van der Waals surface area contributed by atoms with Gasteiger partial charge in [-0.2, -0.15) is 0 Å². The molecule has 0 amide bonds. The Hall–Kier alpha value is -1.06. The molecule has 1 aromatic carbocycles. The van der Waals surface area contributed by atoms with Crippen molar-refractivity contribution in [3.63, 3.8) is 0 Å². The molecule has 1 aliphatic heterocycles. The van der Waals surface area contributed by atoms with E-state index in [0.717, 1.165) is 25.5 Å². The molecule has 0 saturated carbocycles. The van der Waals surface area contributed by atoms with Crippen LogP contribution >= 0.6 is 0 Å². The van der Waals surface area contributed by atoms with Crippen LogP contribution in [-0.2, 0) is 10.2 Å². The van der Waals surface area contributed by atoms with E-state index in [1.807, 2.05) is 7.05 Å². The van der Waals surface area contributed by atoms with Crippen LogP contribution in [0, 0.1) is 13.8 Å². The Balaban J connectivity index is 2.25. The predicted molar refractivity (Wildman–Crippen MR) is 78.1 cm³/mol. The third-order valence-corrected chi connectivity index (χ3v) is 4.15. The SMILES string of the molecule is CNCCCC1(c2cc(C)c(OC)cc2C)COC1. The van der Waals surface area contributed by atoms with Crippen molar-refractivity contribution in [3.05, 3.63) is 28.8 Å². The quantitative estimate of drug-likeness (QED) is 0.800. The van der Waals surface area contributed by atoms with Gasteiger partial charge in [0.05, 0.1) is 20.3 Å². The van der Waals surface area contributed by atoms with Gasteiger partial charge >= 0.3 is 0 Å². The van der Waals surface area contributed by atoms with Crippen LogP contribution in [0.1, 0.15) is 29.5 Å². The molecule has 0 aliphatic carbocycles. The molecule has 2 rings (SSSR count). The van der Waals surface area contributed by atoms with E-state index in [2.05, 4.69) is 31.3 Å². The Morgan fingerprint density at radius 1 is 1.26 bits per heavy atom. The Morgan fingerprint density at radius 3 is 2.53 bits per heavy atom. The van der Waals surface area contributed by atoms with Crippen molar-refractivity contribution in [3.8, 4) is 5.75 Å². The normalized spacial score (nSPS) is 17.1. The van der Waals surface area contributed by atoms with Crippen molar-refractivity contribution in [2.24, 2.45) is 0 Å². The third kappa shape index (κ3) is 2.77. The van der Waals surface area contributed by atoms with Gasteiger partial charge in [-0.05, 0) is 63.0 Å². The molecule has 1 saturated heterocycles. The Bertz CT molecular complexity index is 439. The van der Waals surface area contributed by atoms with Crippen molar-refractivity contribution < 1.29 is 9.47 Å². The topological polar surface area (TPSA) is 30.5 Å². The highest BCUT2D eigenvalue weighted by Crippen LogP contribution is 2.40. The van der Waals surface area contributed by atoms with Crippen molar-refractivity contribution in [2.45, 2.75) is 32.1 Å². The highest BCUT2D eigenvalue weighted by atomic mass is 16.5. The van der Waals surface area contributed by atoms with E-state index in [9.17, 15) is 0 Å². The fourth-order valence-corrected chi connectivity index (χ4v) is 2.97. The van der Waals surface area contributed by atoms with E-state index >= 15 is 0 Å². The summed E-state index contributed by atoms with van der Waals surface area (Å²) in [4.78, 5) is 0. The summed E-state index contributed by atoms with van der Waals surface area (Å²) in [7, 11) is 3.74. The number of nitrogens with one attached hydrogen (secondary N) is 1. The Kier molecular flexibility index (Phi) is 4.48. The van der Waals surface area contributed by atoms with E-state index in [-0.39, 0.29) is 5.41 Å². The maximum absolute atomic E-state index is 5.52. The Morgan fingerprint density at radius 2 is 2.00 bits per heavy atom. The van der Waals surface area contributed by atoms with E-state index in [1.54, 1.807) is 7.11 Å². The van der Waals surface area contributed by atoms with Crippen LogP contribution < -0.4 is 10.1 Å². The first-order valence-electron chi connectivity index (χ1n) is 7.01. The summed E-state index contributed by atoms with van der Waals surface area (Å²) in [5, 5.41) is 3.22. The molecule has 3 heteroatoms. The summed E-state index contributed by atoms with van der Waals surface area (Å²) in [6.45, 7) is 7.06. The first-order chi connectivity index (χ1) is 9.13. The first kappa shape index (κ1) is 14.4. The van der Waals surface area contributed by atoms with Crippen LogP contribution in [0.25, 0.3) is 0 Å². The minimum atomic E-state index is 0.220. The molecule has 0 spiro atoms. The standard InChI is InChI=1S/C16H25NO2/c1-12-9-15(18-4)13(2)8-14(12)16(10-19-11-16)6-5-7-17-3/h8-9,17H,5-7,10-11H2,1-4H3. The van der Waals surface area contributed by atoms with Crippen LogP contribution in [0.4, 0.5) is 0 Å². The van der Waals surface area contributed by atoms with Gasteiger partial charge in [0.15, 0.2) is 0 Å².